The topological polar surface area (TPSA) is 76.3 Å². The van der Waals surface area contributed by atoms with Crippen molar-refractivity contribution in [2.45, 2.75) is 89.3 Å². The van der Waals surface area contributed by atoms with Crippen LogP contribution in [-0.2, 0) is 6.54 Å². The van der Waals surface area contributed by atoms with Gasteiger partial charge in [0.15, 0.2) is 0 Å². The summed E-state index contributed by atoms with van der Waals surface area (Å²) in [5.74, 6) is -0.441. The van der Waals surface area contributed by atoms with Crippen LogP contribution in [0.25, 0.3) is 10.9 Å². The van der Waals surface area contributed by atoms with E-state index in [1.165, 1.54) is 17.1 Å². The number of nitrogens with zero attached hydrogens (tertiary/aromatic N) is 2. The van der Waals surface area contributed by atoms with Crippen molar-refractivity contribution >= 4 is 16.6 Å². The zero-order chi connectivity index (χ0) is 21.1. The van der Waals surface area contributed by atoms with Gasteiger partial charge in [-0.2, -0.15) is 0 Å². The minimum atomic E-state index is -0.441. The summed E-state index contributed by atoms with van der Waals surface area (Å²) >= 11 is 0. The van der Waals surface area contributed by atoms with E-state index in [1.54, 1.807) is 10.6 Å². The molecule has 7 heteroatoms. The number of fused-ring (bicyclic) bond motifs is 1. The normalized spacial score (nSPS) is 18.3. The van der Waals surface area contributed by atoms with Crippen molar-refractivity contribution in [1.29, 1.82) is 0 Å². The van der Waals surface area contributed by atoms with Gasteiger partial charge in [0, 0.05) is 25.2 Å². The average molecular weight is 418 g/mol. The number of hydrogen-bond acceptors (Lipinski definition) is 4. The third kappa shape index (κ3) is 4.17. The van der Waals surface area contributed by atoms with E-state index in [0.717, 1.165) is 51.4 Å². The molecular formula is C23H32FN3O3. The monoisotopic (exact) mass is 417 g/mol. The quantitative estimate of drug-likeness (QED) is 0.669. The summed E-state index contributed by atoms with van der Waals surface area (Å²) < 4.78 is 17.9. The molecule has 1 aromatic carbocycles. The standard InChI is InChI=1S/C23H32FN3O3/c24-19-14-18-21(15-20(19)25-16-8-2-1-3-9-16)27(17-10-4-5-11-17)23(30)26(22(18)29)12-6-7-13-28/h14-17,25,28H,1-13H2. The van der Waals surface area contributed by atoms with Crippen LogP contribution in [0.1, 0.15) is 76.7 Å². The first-order chi connectivity index (χ1) is 14.6. The second kappa shape index (κ2) is 9.33. The van der Waals surface area contributed by atoms with Crippen LogP contribution in [0.15, 0.2) is 21.7 Å². The molecule has 2 aromatic rings. The Morgan fingerprint density at radius 1 is 1.00 bits per heavy atom. The summed E-state index contributed by atoms with van der Waals surface area (Å²) in [6.07, 6.45) is 10.5. The van der Waals surface area contributed by atoms with Crippen LogP contribution < -0.4 is 16.6 Å². The van der Waals surface area contributed by atoms with Crippen molar-refractivity contribution < 1.29 is 9.50 Å². The Morgan fingerprint density at radius 3 is 2.40 bits per heavy atom. The summed E-state index contributed by atoms with van der Waals surface area (Å²) in [6.45, 7) is 0.258. The van der Waals surface area contributed by atoms with E-state index in [4.69, 9.17) is 5.11 Å². The number of hydrogen-bond donors (Lipinski definition) is 2. The van der Waals surface area contributed by atoms with E-state index in [2.05, 4.69) is 5.32 Å². The van der Waals surface area contributed by atoms with Gasteiger partial charge in [-0.25, -0.2) is 9.18 Å². The second-order valence-electron chi connectivity index (χ2n) is 8.81. The first kappa shape index (κ1) is 21.1. The molecule has 4 rings (SSSR count). The van der Waals surface area contributed by atoms with Crippen molar-refractivity contribution in [1.82, 2.24) is 9.13 Å². The number of anilines is 1. The smallest absolute Gasteiger partial charge is 0.331 e. The van der Waals surface area contributed by atoms with Crippen molar-refractivity contribution in [3.8, 4) is 0 Å². The molecule has 30 heavy (non-hydrogen) atoms. The molecule has 0 atom stereocenters. The highest BCUT2D eigenvalue weighted by molar-refractivity contribution is 5.82. The maximum absolute atomic E-state index is 15.0. The molecule has 2 fully saturated rings. The lowest BCUT2D eigenvalue weighted by Crippen LogP contribution is -2.41. The zero-order valence-electron chi connectivity index (χ0n) is 17.5. The van der Waals surface area contributed by atoms with E-state index in [0.29, 0.717) is 24.0 Å². The molecule has 2 aliphatic carbocycles. The fourth-order valence-electron chi connectivity index (χ4n) is 5.07. The van der Waals surface area contributed by atoms with Crippen molar-refractivity contribution in [2.24, 2.45) is 0 Å². The van der Waals surface area contributed by atoms with Gasteiger partial charge in [-0.3, -0.25) is 13.9 Å². The van der Waals surface area contributed by atoms with Gasteiger partial charge in [0.25, 0.3) is 5.56 Å². The van der Waals surface area contributed by atoms with Gasteiger partial charge in [-0.1, -0.05) is 32.1 Å². The molecule has 2 N–H and O–H groups in total. The zero-order valence-corrected chi connectivity index (χ0v) is 17.5. The molecule has 0 amide bonds. The van der Waals surface area contributed by atoms with Gasteiger partial charge in [0.1, 0.15) is 5.82 Å². The number of aliphatic hydroxyl groups excluding tert-OH is 1. The predicted octanol–water partition coefficient (Wildman–Crippen LogP) is 3.93. The maximum Gasteiger partial charge on any atom is 0.331 e. The van der Waals surface area contributed by atoms with Gasteiger partial charge >= 0.3 is 5.69 Å². The predicted molar refractivity (Wildman–Crippen MR) is 117 cm³/mol. The molecule has 0 saturated heterocycles. The Kier molecular flexibility index (Phi) is 6.56. The Hall–Kier alpha value is -2.15. The van der Waals surface area contributed by atoms with Gasteiger partial charge in [-0.15, -0.1) is 0 Å². The highest BCUT2D eigenvalue weighted by atomic mass is 19.1. The van der Waals surface area contributed by atoms with Gasteiger partial charge < -0.3 is 10.4 Å². The molecular weight excluding hydrogens is 385 g/mol. The number of aromatic nitrogens is 2. The first-order valence-electron chi connectivity index (χ1n) is 11.5. The SMILES string of the molecule is O=c1c2cc(F)c(NC3CCCCC3)cc2n(C2CCCC2)c(=O)n1CCCCO. The number of rotatable bonds is 7. The highest BCUT2D eigenvalue weighted by Crippen LogP contribution is 2.32. The summed E-state index contributed by atoms with van der Waals surface area (Å²) in [4.78, 5) is 26.4. The third-order valence-corrected chi connectivity index (χ3v) is 6.70. The number of aliphatic hydroxyl groups is 1. The van der Waals surface area contributed by atoms with Crippen molar-refractivity contribution in [2.75, 3.05) is 11.9 Å². The Bertz CT molecular complexity index is 1000. The molecule has 0 aliphatic heterocycles. The number of nitrogens with one attached hydrogen (secondary N) is 1. The number of halogens is 1. The Labute approximate surface area is 175 Å². The van der Waals surface area contributed by atoms with E-state index >= 15 is 0 Å². The highest BCUT2D eigenvalue weighted by Gasteiger charge is 2.24. The molecule has 0 unspecified atom stereocenters. The van der Waals surface area contributed by atoms with E-state index in [9.17, 15) is 14.0 Å². The molecule has 164 valence electrons. The van der Waals surface area contributed by atoms with Crippen molar-refractivity contribution in [3.05, 3.63) is 38.8 Å². The lowest BCUT2D eigenvalue weighted by Gasteiger charge is -2.25. The summed E-state index contributed by atoms with van der Waals surface area (Å²) in [6, 6.07) is 3.25. The molecule has 1 heterocycles. The molecule has 0 bridgehead atoms. The fraction of sp³-hybridized carbons (Fsp3) is 0.652. The van der Waals surface area contributed by atoms with Crippen molar-refractivity contribution in [3.63, 3.8) is 0 Å². The lowest BCUT2D eigenvalue weighted by atomic mass is 9.95. The summed E-state index contributed by atoms with van der Waals surface area (Å²) in [5.41, 5.74) is 0.172. The minimum absolute atomic E-state index is 0.0178. The molecule has 2 aliphatic rings. The number of benzene rings is 1. The van der Waals surface area contributed by atoms with Crippen LogP contribution in [-0.4, -0.2) is 26.9 Å². The van der Waals surface area contributed by atoms with Gasteiger partial charge in [-0.05, 0) is 50.7 Å². The average Bonchev–Trinajstić information content (AvgIpc) is 3.27. The summed E-state index contributed by atoms with van der Waals surface area (Å²) in [5, 5.41) is 12.6. The fourth-order valence-corrected chi connectivity index (χ4v) is 5.07. The second-order valence-corrected chi connectivity index (χ2v) is 8.81. The maximum atomic E-state index is 15.0. The van der Waals surface area contributed by atoms with Crippen LogP contribution in [0, 0.1) is 5.82 Å². The summed E-state index contributed by atoms with van der Waals surface area (Å²) in [7, 11) is 0. The molecule has 1 aromatic heterocycles. The molecule has 6 nitrogen and oxygen atoms in total. The largest absolute Gasteiger partial charge is 0.396 e. The number of unbranched alkanes of at least 4 members (excludes halogenated alkanes) is 1. The van der Waals surface area contributed by atoms with E-state index in [-0.39, 0.29) is 36.3 Å². The Morgan fingerprint density at radius 2 is 1.70 bits per heavy atom. The third-order valence-electron chi connectivity index (χ3n) is 6.70. The van der Waals surface area contributed by atoms with Crippen LogP contribution in [0.4, 0.5) is 10.1 Å². The molecule has 0 radical (unpaired) electrons. The van der Waals surface area contributed by atoms with Gasteiger partial charge in [0.05, 0.1) is 16.6 Å². The molecule has 0 spiro atoms. The minimum Gasteiger partial charge on any atom is -0.396 e. The van der Waals surface area contributed by atoms with Gasteiger partial charge in [0.2, 0.25) is 0 Å². The first-order valence-corrected chi connectivity index (χ1v) is 11.5. The molecule has 2 saturated carbocycles. The van der Waals surface area contributed by atoms with Crippen LogP contribution in [0.3, 0.4) is 0 Å². The van der Waals surface area contributed by atoms with Crippen LogP contribution >= 0.6 is 0 Å². The van der Waals surface area contributed by atoms with E-state index < -0.39 is 11.4 Å². The Balaban J connectivity index is 1.82. The lowest BCUT2D eigenvalue weighted by molar-refractivity contribution is 0.280. The van der Waals surface area contributed by atoms with E-state index in [1.807, 2.05) is 0 Å². The van der Waals surface area contributed by atoms with Crippen LogP contribution in [0.2, 0.25) is 0 Å². The van der Waals surface area contributed by atoms with Crippen LogP contribution in [0.5, 0.6) is 0 Å².